The summed E-state index contributed by atoms with van der Waals surface area (Å²) in [5.74, 6) is -4.49. The molecule has 2 bridgehead atoms. The van der Waals surface area contributed by atoms with Crippen molar-refractivity contribution < 1.29 is 27.9 Å². The monoisotopic (exact) mass is 464 g/mol. The molecule has 2 N–H and O–H groups in total. The van der Waals surface area contributed by atoms with E-state index in [4.69, 9.17) is 0 Å². The number of hydrogen-bond acceptors (Lipinski definition) is 5. The van der Waals surface area contributed by atoms with Crippen LogP contribution in [0.1, 0.15) is 46.7 Å². The third kappa shape index (κ3) is 3.81. The van der Waals surface area contributed by atoms with Gasteiger partial charge in [-0.1, -0.05) is 6.07 Å². The quantitative estimate of drug-likeness (QED) is 0.721. The summed E-state index contributed by atoms with van der Waals surface area (Å²) in [6, 6.07) is 2.15. The third-order valence-electron chi connectivity index (χ3n) is 6.43. The van der Waals surface area contributed by atoms with Gasteiger partial charge in [0, 0.05) is 42.4 Å². The Morgan fingerprint density at radius 2 is 1.97 bits per heavy atom. The van der Waals surface area contributed by atoms with Gasteiger partial charge in [0.05, 0.1) is 6.67 Å². The van der Waals surface area contributed by atoms with Gasteiger partial charge in [-0.2, -0.15) is 0 Å². The van der Waals surface area contributed by atoms with Crippen molar-refractivity contribution in [2.45, 2.75) is 38.9 Å². The Hall–Kier alpha value is -3.50. The van der Waals surface area contributed by atoms with E-state index >= 15 is 0 Å². The van der Waals surface area contributed by atoms with Gasteiger partial charge in [-0.05, 0) is 26.3 Å². The van der Waals surface area contributed by atoms with Gasteiger partial charge in [-0.15, -0.1) is 0 Å². The Kier molecular flexibility index (Phi) is 5.81. The van der Waals surface area contributed by atoms with E-state index < -0.39 is 58.8 Å². The maximum absolute atomic E-state index is 13.9. The van der Waals surface area contributed by atoms with Crippen LogP contribution in [0.2, 0.25) is 0 Å². The molecule has 0 unspecified atom stereocenters. The van der Waals surface area contributed by atoms with Gasteiger partial charge in [0.2, 0.25) is 5.43 Å². The van der Waals surface area contributed by atoms with Crippen LogP contribution in [-0.2, 0) is 6.54 Å². The molecule has 2 aliphatic rings. The molecule has 176 valence electrons. The number of halogens is 3. The van der Waals surface area contributed by atoms with Crippen molar-refractivity contribution in [3.05, 3.63) is 63.1 Å². The highest BCUT2D eigenvalue weighted by molar-refractivity contribution is 5.99. The number of nitrogens with zero attached hydrogens (tertiary/aromatic N) is 3. The molecule has 1 aromatic carbocycles. The molecule has 3 heterocycles. The van der Waals surface area contributed by atoms with Crippen LogP contribution in [0, 0.1) is 17.6 Å². The Balaban J connectivity index is 1.70. The number of alkyl halides is 1. The molecule has 0 spiro atoms. The van der Waals surface area contributed by atoms with Crippen molar-refractivity contribution in [1.82, 2.24) is 14.9 Å². The van der Waals surface area contributed by atoms with Gasteiger partial charge in [-0.3, -0.25) is 28.5 Å². The molecule has 33 heavy (non-hydrogen) atoms. The van der Waals surface area contributed by atoms with Gasteiger partial charge in [0.1, 0.15) is 23.9 Å². The first-order chi connectivity index (χ1) is 15.6. The average Bonchev–Trinajstić information content (AvgIpc) is 2.88. The van der Waals surface area contributed by atoms with Crippen LogP contribution in [0.25, 0.3) is 0 Å². The summed E-state index contributed by atoms with van der Waals surface area (Å²) in [6.07, 6.45) is 1.57. The second-order valence-corrected chi connectivity index (χ2v) is 8.43. The van der Waals surface area contributed by atoms with Crippen LogP contribution < -0.4 is 15.8 Å². The van der Waals surface area contributed by atoms with E-state index in [9.17, 15) is 32.7 Å². The highest BCUT2D eigenvalue weighted by Crippen LogP contribution is 2.31. The van der Waals surface area contributed by atoms with Crippen molar-refractivity contribution in [2.24, 2.45) is 5.92 Å². The average molecular weight is 464 g/mol. The minimum absolute atomic E-state index is 0.00486. The fourth-order valence-corrected chi connectivity index (χ4v) is 4.38. The maximum Gasteiger partial charge on any atom is 0.278 e. The highest BCUT2D eigenvalue weighted by atomic mass is 19.1. The summed E-state index contributed by atoms with van der Waals surface area (Å²) in [5.41, 5.74) is -1.81. The smallest absolute Gasteiger partial charge is 0.278 e. The van der Waals surface area contributed by atoms with Crippen molar-refractivity contribution in [3.8, 4) is 5.75 Å². The van der Waals surface area contributed by atoms with Gasteiger partial charge < -0.3 is 15.3 Å². The van der Waals surface area contributed by atoms with Crippen molar-refractivity contribution >= 4 is 11.8 Å². The fraction of sp³-hybridized carbons (Fsp3) is 0.409. The first kappa shape index (κ1) is 22.7. The van der Waals surface area contributed by atoms with Crippen molar-refractivity contribution in [2.75, 3.05) is 18.4 Å². The summed E-state index contributed by atoms with van der Waals surface area (Å²) in [6.45, 7) is 2.69. The van der Waals surface area contributed by atoms with E-state index in [1.807, 2.05) is 6.92 Å². The lowest BCUT2D eigenvalue weighted by Gasteiger charge is -2.42. The largest absolute Gasteiger partial charge is 0.502 e. The molecule has 8 nitrogen and oxygen atoms in total. The van der Waals surface area contributed by atoms with Crippen LogP contribution in [0.15, 0.2) is 29.2 Å². The molecule has 2 aromatic rings. The van der Waals surface area contributed by atoms with Crippen LogP contribution in [0.5, 0.6) is 5.75 Å². The third-order valence-corrected chi connectivity index (χ3v) is 6.43. The SMILES string of the molecule is C[C@H]1[C@@H](CF)C[C@H](C)N2CN1C(=O)c1c(O)c(=O)c(C(=O)NCc3ccc(F)cc3F)cn12. The maximum atomic E-state index is 13.9. The van der Waals surface area contributed by atoms with Gasteiger partial charge >= 0.3 is 0 Å². The summed E-state index contributed by atoms with van der Waals surface area (Å²) < 4.78 is 41.8. The van der Waals surface area contributed by atoms with E-state index in [0.717, 1.165) is 18.3 Å². The molecule has 0 aliphatic carbocycles. The van der Waals surface area contributed by atoms with E-state index in [1.165, 1.54) is 9.58 Å². The second-order valence-electron chi connectivity index (χ2n) is 8.43. The van der Waals surface area contributed by atoms with E-state index in [2.05, 4.69) is 5.32 Å². The first-order valence-electron chi connectivity index (χ1n) is 10.5. The standard InChI is InChI=1S/C22H23F3N4O4/c1-11-5-14(7-23)12(2)27-10-29(11)28-9-16(19(30)20(31)18(28)22(27)33)21(32)26-8-13-3-4-15(24)6-17(13)25/h3-4,6,9,11-12,14,31H,5,7-8,10H2,1-2H3,(H,26,32)/t11-,12-,14+/m0/s1. The number of amides is 2. The van der Waals surface area contributed by atoms with Crippen LogP contribution >= 0.6 is 0 Å². The van der Waals surface area contributed by atoms with E-state index in [0.29, 0.717) is 12.5 Å². The number of aromatic nitrogens is 1. The molecule has 2 amide bonds. The number of rotatable bonds is 4. The zero-order chi connectivity index (χ0) is 24.0. The predicted molar refractivity (Wildman–Crippen MR) is 112 cm³/mol. The van der Waals surface area contributed by atoms with Crippen LogP contribution in [0.3, 0.4) is 0 Å². The zero-order valence-electron chi connectivity index (χ0n) is 18.0. The summed E-state index contributed by atoms with van der Waals surface area (Å²) in [7, 11) is 0. The predicted octanol–water partition coefficient (Wildman–Crippen LogP) is 1.88. The number of nitrogens with one attached hydrogen (secondary N) is 1. The lowest BCUT2D eigenvalue weighted by Crippen LogP contribution is -2.57. The van der Waals surface area contributed by atoms with Crippen LogP contribution in [0.4, 0.5) is 13.2 Å². The number of aromatic hydroxyl groups is 1. The number of carbonyl (C=O) groups excluding carboxylic acids is 2. The minimum Gasteiger partial charge on any atom is -0.502 e. The highest BCUT2D eigenvalue weighted by Gasteiger charge is 2.43. The van der Waals surface area contributed by atoms with Gasteiger partial charge in [0.15, 0.2) is 11.4 Å². The number of hydrogen-bond donors (Lipinski definition) is 2. The molecule has 0 radical (unpaired) electrons. The Bertz CT molecular complexity index is 1180. The molecule has 0 saturated carbocycles. The van der Waals surface area contributed by atoms with Gasteiger partial charge in [0.25, 0.3) is 11.8 Å². The van der Waals surface area contributed by atoms with Crippen molar-refractivity contribution in [1.29, 1.82) is 0 Å². The topological polar surface area (TPSA) is 94.9 Å². The normalized spacial score (nSPS) is 22.1. The molecular formula is C22H23F3N4O4. The number of pyridine rings is 1. The van der Waals surface area contributed by atoms with Crippen molar-refractivity contribution in [3.63, 3.8) is 0 Å². The summed E-state index contributed by atoms with van der Waals surface area (Å²) in [5, 5.41) is 14.6. The molecule has 1 aromatic heterocycles. The summed E-state index contributed by atoms with van der Waals surface area (Å²) >= 11 is 0. The van der Waals surface area contributed by atoms with E-state index in [-0.39, 0.29) is 30.5 Å². The molecule has 4 rings (SSSR count). The molecular weight excluding hydrogens is 441 g/mol. The molecule has 2 aliphatic heterocycles. The minimum atomic E-state index is -1.06. The first-order valence-corrected chi connectivity index (χ1v) is 10.5. The molecule has 1 saturated heterocycles. The number of benzene rings is 1. The summed E-state index contributed by atoms with van der Waals surface area (Å²) in [4.78, 5) is 39.9. The molecule has 11 heteroatoms. The number of carbonyl (C=O) groups is 2. The lowest BCUT2D eigenvalue weighted by molar-refractivity contribution is 0.0571. The molecule has 3 atom stereocenters. The number of fused-ring (bicyclic) bond motifs is 4. The Labute approximate surface area is 187 Å². The fourth-order valence-electron chi connectivity index (χ4n) is 4.38. The Morgan fingerprint density at radius 3 is 2.64 bits per heavy atom. The van der Waals surface area contributed by atoms with Crippen LogP contribution in [-0.4, -0.2) is 51.9 Å². The zero-order valence-corrected chi connectivity index (χ0v) is 18.0. The van der Waals surface area contributed by atoms with Gasteiger partial charge in [-0.25, -0.2) is 8.78 Å². The lowest BCUT2D eigenvalue weighted by atomic mass is 9.95. The van der Waals surface area contributed by atoms with E-state index in [1.54, 1.807) is 11.9 Å². The molecule has 1 fully saturated rings. The Morgan fingerprint density at radius 1 is 1.24 bits per heavy atom. The second kappa shape index (κ2) is 8.45.